The number of nitro benzene ring substituents is 1. The van der Waals surface area contributed by atoms with Crippen LogP contribution in [0.4, 0.5) is 17.1 Å². The summed E-state index contributed by atoms with van der Waals surface area (Å²) in [6.45, 7) is 0. The molecule has 0 saturated heterocycles. The zero-order valence-electron chi connectivity index (χ0n) is 7.78. The first-order valence-corrected chi connectivity index (χ1v) is 4.33. The number of nitrogens with zero attached hydrogens (tertiary/aromatic N) is 1. The molecule has 1 rings (SSSR count). The number of amides is 1. The number of carbonyl (C=O) groups is 1. The maximum atomic E-state index is 10.6. The van der Waals surface area contributed by atoms with Gasteiger partial charge in [-0.05, 0) is 6.07 Å². The van der Waals surface area contributed by atoms with Gasteiger partial charge in [-0.1, -0.05) is 11.6 Å². The molecule has 0 saturated carbocycles. The van der Waals surface area contributed by atoms with Gasteiger partial charge in [0, 0.05) is 13.1 Å². The first-order chi connectivity index (χ1) is 7.10. The van der Waals surface area contributed by atoms with Crippen molar-refractivity contribution in [1.29, 1.82) is 0 Å². The molecule has 0 radical (unpaired) electrons. The molecule has 0 heterocycles. The van der Waals surface area contributed by atoms with E-state index >= 15 is 0 Å². The Balaban J connectivity index is 3.28. The van der Waals surface area contributed by atoms with E-state index in [4.69, 9.17) is 11.6 Å². The zero-order chi connectivity index (χ0) is 11.4. The molecular weight excluding hydrogens is 222 g/mol. The highest BCUT2D eigenvalue weighted by Gasteiger charge is 2.15. The van der Waals surface area contributed by atoms with Gasteiger partial charge in [-0.3, -0.25) is 14.9 Å². The van der Waals surface area contributed by atoms with Crippen LogP contribution < -0.4 is 10.6 Å². The first kappa shape index (κ1) is 11.3. The van der Waals surface area contributed by atoms with Crippen LogP contribution in [0.2, 0.25) is 5.02 Å². The van der Waals surface area contributed by atoms with Crippen LogP contribution in [0.25, 0.3) is 0 Å². The minimum absolute atomic E-state index is 0.0247. The molecule has 0 aliphatic heterocycles. The molecule has 0 fully saturated rings. The van der Waals surface area contributed by atoms with E-state index in [2.05, 4.69) is 10.6 Å². The zero-order valence-corrected chi connectivity index (χ0v) is 8.54. The molecule has 80 valence electrons. The molecule has 0 unspecified atom stereocenters. The largest absolute Gasteiger partial charge is 0.386 e. The molecule has 1 aromatic carbocycles. The van der Waals surface area contributed by atoms with E-state index in [0.29, 0.717) is 17.8 Å². The van der Waals surface area contributed by atoms with Gasteiger partial charge in [0.2, 0.25) is 6.41 Å². The molecule has 7 heteroatoms. The van der Waals surface area contributed by atoms with Gasteiger partial charge in [0.15, 0.2) is 0 Å². The summed E-state index contributed by atoms with van der Waals surface area (Å²) in [6, 6.07) is 2.58. The van der Waals surface area contributed by atoms with Crippen LogP contribution in [0, 0.1) is 10.1 Å². The smallest absolute Gasteiger partial charge is 0.290 e. The van der Waals surface area contributed by atoms with Crippen molar-refractivity contribution in [3.05, 3.63) is 27.3 Å². The summed E-state index contributed by atoms with van der Waals surface area (Å²) in [4.78, 5) is 20.2. The standard InChI is InChI=1S/C8H8ClN3O3/c1-10-6-3-8(12(14)15)5(9)2-7(6)11-4-13/h2-4,10H,1H3,(H,11,13). The molecule has 0 aliphatic carbocycles. The van der Waals surface area contributed by atoms with Crippen LogP contribution in [0.5, 0.6) is 0 Å². The SMILES string of the molecule is CNc1cc([N+](=O)[O-])c(Cl)cc1NC=O. The number of nitrogens with one attached hydrogen (secondary N) is 2. The fourth-order valence-electron chi connectivity index (χ4n) is 1.09. The van der Waals surface area contributed by atoms with Gasteiger partial charge in [0.05, 0.1) is 16.3 Å². The van der Waals surface area contributed by atoms with Crippen LogP contribution >= 0.6 is 11.6 Å². The number of anilines is 2. The number of carbonyl (C=O) groups excluding carboxylic acids is 1. The highest BCUT2D eigenvalue weighted by atomic mass is 35.5. The van der Waals surface area contributed by atoms with Gasteiger partial charge >= 0.3 is 0 Å². The highest BCUT2D eigenvalue weighted by molar-refractivity contribution is 6.33. The molecule has 0 atom stereocenters. The van der Waals surface area contributed by atoms with Crippen molar-refractivity contribution in [2.45, 2.75) is 0 Å². The first-order valence-electron chi connectivity index (χ1n) is 3.96. The third-order valence-corrected chi connectivity index (χ3v) is 2.07. The second-order valence-corrected chi connectivity index (χ2v) is 3.03. The monoisotopic (exact) mass is 229 g/mol. The van der Waals surface area contributed by atoms with Gasteiger partial charge in [-0.15, -0.1) is 0 Å². The van der Waals surface area contributed by atoms with Crippen LogP contribution in [0.15, 0.2) is 12.1 Å². The quantitative estimate of drug-likeness (QED) is 0.469. The number of hydrogen-bond acceptors (Lipinski definition) is 4. The molecule has 0 aromatic heterocycles. The summed E-state index contributed by atoms with van der Waals surface area (Å²) in [5, 5.41) is 15.6. The van der Waals surface area contributed by atoms with E-state index in [1.807, 2.05) is 0 Å². The van der Waals surface area contributed by atoms with Crippen molar-refractivity contribution in [1.82, 2.24) is 0 Å². The predicted octanol–water partition coefficient (Wildman–Crippen LogP) is 1.86. The lowest BCUT2D eigenvalue weighted by Gasteiger charge is -2.08. The molecule has 15 heavy (non-hydrogen) atoms. The van der Waals surface area contributed by atoms with Gasteiger partial charge in [0.1, 0.15) is 5.02 Å². The van der Waals surface area contributed by atoms with Gasteiger partial charge in [0.25, 0.3) is 5.69 Å². The Hall–Kier alpha value is -1.82. The number of halogens is 1. The van der Waals surface area contributed by atoms with Crippen LogP contribution in [0.1, 0.15) is 0 Å². The van der Waals surface area contributed by atoms with Crippen molar-refractivity contribution in [3.63, 3.8) is 0 Å². The summed E-state index contributed by atoms with van der Waals surface area (Å²) in [5.41, 5.74) is 0.610. The van der Waals surface area contributed by atoms with Crippen LogP contribution in [-0.4, -0.2) is 18.4 Å². The minimum Gasteiger partial charge on any atom is -0.386 e. The maximum Gasteiger partial charge on any atom is 0.290 e. The number of rotatable bonds is 4. The Morgan fingerprint density at radius 1 is 1.47 bits per heavy atom. The minimum atomic E-state index is -0.589. The fraction of sp³-hybridized carbons (Fsp3) is 0.125. The third-order valence-electron chi connectivity index (χ3n) is 1.77. The summed E-state index contributed by atoms with van der Waals surface area (Å²) in [6.07, 6.45) is 0.471. The molecule has 1 amide bonds. The van der Waals surface area contributed by atoms with Gasteiger partial charge < -0.3 is 10.6 Å². The van der Waals surface area contributed by atoms with Crippen LogP contribution in [0.3, 0.4) is 0 Å². The summed E-state index contributed by atoms with van der Waals surface area (Å²) >= 11 is 5.66. The topological polar surface area (TPSA) is 84.3 Å². The third kappa shape index (κ3) is 2.35. The van der Waals surface area contributed by atoms with Gasteiger partial charge in [-0.25, -0.2) is 0 Å². The molecule has 0 spiro atoms. The van der Waals surface area contributed by atoms with E-state index in [1.165, 1.54) is 12.1 Å². The van der Waals surface area contributed by atoms with Crippen molar-refractivity contribution in [3.8, 4) is 0 Å². The molecular formula is C8H8ClN3O3. The number of hydrogen-bond donors (Lipinski definition) is 2. The van der Waals surface area contributed by atoms with Crippen LogP contribution in [-0.2, 0) is 4.79 Å². The predicted molar refractivity (Wildman–Crippen MR) is 57.3 cm³/mol. The van der Waals surface area contributed by atoms with Crippen molar-refractivity contribution < 1.29 is 9.72 Å². The normalized spacial score (nSPS) is 9.47. The van der Waals surface area contributed by atoms with E-state index in [-0.39, 0.29) is 10.7 Å². The Labute approximate surface area is 90.4 Å². The second kappa shape index (κ2) is 4.61. The maximum absolute atomic E-state index is 10.6. The molecule has 1 aromatic rings. The van der Waals surface area contributed by atoms with E-state index in [1.54, 1.807) is 7.05 Å². The average Bonchev–Trinajstić information content (AvgIpc) is 2.18. The Morgan fingerprint density at radius 3 is 2.60 bits per heavy atom. The Morgan fingerprint density at radius 2 is 2.13 bits per heavy atom. The summed E-state index contributed by atoms with van der Waals surface area (Å²) in [5.74, 6) is 0. The van der Waals surface area contributed by atoms with E-state index < -0.39 is 4.92 Å². The number of nitro groups is 1. The Kier molecular flexibility index (Phi) is 3.46. The van der Waals surface area contributed by atoms with Crippen molar-refractivity contribution in [2.75, 3.05) is 17.7 Å². The molecule has 0 bridgehead atoms. The lowest BCUT2D eigenvalue weighted by Crippen LogP contribution is -2.01. The highest BCUT2D eigenvalue weighted by Crippen LogP contribution is 2.33. The molecule has 6 nitrogen and oxygen atoms in total. The molecule has 2 N–H and O–H groups in total. The van der Waals surface area contributed by atoms with Crippen molar-refractivity contribution >= 4 is 35.1 Å². The van der Waals surface area contributed by atoms with E-state index in [0.717, 1.165) is 0 Å². The molecule has 0 aliphatic rings. The Bertz CT molecular complexity index is 408. The summed E-state index contributed by atoms with van der Waals surface area (Å²) in [7, 11) is 1.59. The lowest BCUT2D eigenvalue weighted by atomic mass is 10.2. The second-order valence-electron chi connectivity index (χ2n) is 2.62. The van der Waals surface area contributed by atoms with Gasteiger partial charge in [-0.2, -0.15) is 0 Å². The van der Waals surface area contributed by atoms with E-state index in [9.17, 15) is 14.9 Å². The lowest BCUT2D eigenvalue weighted by molar-refractivity contribution is -0.384. The summed E-state index contributed by atoms with van der Waals surface area (Å²) < 4.78 is 0. The fourth-order valence-corrected chi connectivity index (χ4v) is 1.32. The number of benzene rings is 1. The average molecular weight is 230 g/mol. The van der Waals surface area contributed by atoms with Crippen molar-refractivity contribution in [2.24, 2.45) is 0 Å².